The number of esters is 1. The molecule has 76 valence electrons. The standard InChI is InChI=1S/C9H9FINO2/c1-2-14-9(13)5-7-6(11)3-4-8(10)12-7/h3-4H,2,5H2,1H3. The van der Waals surface area contributed by atoms with Crippen molar-refractivity contribution in [1.29, 1.82) is 0 Å². The molecular weight excluding hydrogens is 300 g/mol. The fraction of sp³-hybridized carbons (Fsp3) is 0.333. The summed E-state index contributed by atoms with van der Waals surface area (Å²) in [5.74, 6) is -0.965. The van der Waals surface area contributed by atoms with Crippen molar-refractivity contribution in [3.8, 4) is 0 Å². The van der Waals surface area contributed by atoms with Crippen LogP contribution in [0, 0.1) is 9.52 Å². The number of aromatic nitrogens is 1. The van der Waals surface area contributed by atoms with Gasteiger partial charge in [-0.3, -0.25) is 4.79 Å². The zero-order valence-corrected chi connectivity index (χ0v) is 9.75. The normalized spacial score (nSPS) is 9.93. The van der Waals surface area contributed by atoms with Gasteiger partial charge in [0.1, 0.15) is 0 Å². The molecule has 1 heterocycles. The van der Waals surface area contributed by atoms with Crippen LogP contribution in [0.1, 0.15) is 12.6 Å². The van der Waals surface area contributed by atoms with E-state index in [1.54, 1.807) is 13.0 Å². The summed E-state index contributed by atoms with van der Waals surface area (Å²) in [5, 5.41) is 0. The van der Waals surface area contributed by atoms with Crippen molar-refractivity contribution < 1.29 is 13.9 Å². The first kappa shape index (κ1) is 11.4. The van der Waals surface area contributed by atoms with Gasteiger partial charge in [-0.2, -0.15) is 4.39 Å². The SMILES string of the molecule is CCOC(=O)Cc1nc(F)ccc1I. The Morgan fingerprint density at radius 3 is 3.00 bits per heavy atom. The fourth-order valence-electron chi connectivity index (χ4n) is 0.930. The summed E-state index contributed by atoms with van der Waals surface area (Å²) in [5.41, 5.74) is 0.420. The number of halogens is 2. The van der Waals surface area contributed by atoms with Gasteiger partial charge in [0, 0.05) is 3.57 Å². The van der Waals surface area contributed by atoms with Gasteiger partial charge < -0.3 is 4.74 Å². The summed E-state index contributed by atoms with van der Waals surface area (Å²) in [4.78, 5) is 14.7. The number of nitrogens with zero attached hydrogens (tertiary/aromatic N) is 1. The molecule has 0 unspecified atom stereocenters. The van der Waals surface area contributed by atoms with Crippen LogP contribution in [0.4, 0.5) is 4.39 Å². The van der Waals surface area contributed by atoms with Gasteiger partial charge >= 0.3 is 5.97 Å². The van der Waals surface area contributed by atoms with Crippen LogP contribution in [0.2, 0.25) is 0 Å². The van der Waals surface area contributed by atoms with E-state index in [2.05, 4.69) is 4.98 Å². The molecule has 3 nitrogen and oxygen atoms in total. The predicted octanol–water partition coefficient (Wildman–Crippen LogP) is 1.93. The second-order valence-electron chi connectivity index (χ2n) is 2.54. The van der Waals surface area contributed by atoms with Crippen LogP contribution in [0.15, 0.2) is 12.1 Å². The molecule has 0 spiro atoms. The van der Waals surface area contributed by atoms with Gasteiger partial charge in [-0.25, -0.2) is 4.98 Å². The van der Waals surface area contributed by atoms with Gasteiger partial charge in [0.15, 0.2) is 0 Å². The lowest BCUT2D eigenvalue weighted by Gasteiger charge is -2.03. The second-order valence-corrected chi connectivity index (χ2v) is 3.71. The van der Waals surface area contributed by atoms with Gasteiger partial charge in [-0.1, -0.05) is 0 Å². The van der Waals surface area contributed by atoms with Crippen LogP contribution < -0.4 is 0 Å². The van der Waals surface area contributed by atoms with E-state index in [4.69, 9.17) is 4.74 Å². The Balaban J connectivity index is 2.75. The molecule has 14 heavy (non-hydrogen) atoms. The lowest BCUT2D eigenvalue weighted by molar-refractivity contribution is -0.142. The molecule has 5 heteroatoms. The molecule has 0 N–H and O–H groups in total. The maximum atomic E-state index is 12.7. The summed E-state index contributed by atoms with van der Waals surface area (Å²) in [6, 6.07) is 2.84. The number of hydrogen-bond donors (Lipinski definition) is 0. The van der Waals surface area contributed by atoms with E-state index in [9.17, 15) is 9.18 Å². The van der Waals surface area contributed by atoms with E-state index in [0.717, 1.165) is 3.57 Å². The minimum Gasteiger partial charge on any atom is -0.466 e. The molecule has 0 atom stereocenters. The topological polar surface area (TPSA) is 39.2 Å². The number of hydrogen-bond acceptors (Lipinski definition) is 3. The molecule has 0 radical (unpaired) electrons. The first-order chi connectivity index (χ1) is 6.63. The maximum absolute atomic E-state index is 12.7. The Kier molecular flexibility index (Phi) is 4.24. The first-order valence-electron chi connectivity index (χ1n) is 4.10. The Hall–Kier alpha value is -0.720. The molecule has 0 aliphatic carbocycles. The summed E-state index contributed by atoms with van der Waals surface area (Å²) < 4.78 is 18.2. The van der Waals surface area contributed by atoms with Crippen LogP contribution in [0.3, 0.4) is 0 Å². The van der Waals surface area contributed by atoms with Crippen molar-refractivity contribution in [3.05, 3.63) is 27.3 Å². The lowest BCUT2D eigenvalue weighted by Crippen LogP contribution is -2.10. The van der Waals surface area contributed by atoms with E-state index in [1.807, 2.05) is 22.6 Å². The van der Waals surface area contributed by atoms with Crippen LogP contribution in [0.5, 0.6) is 0 Å². The van der Waals surface area contributed by atoms with Crippen LogP contribution in [0.25, 0.3) is 0 Å². The molecule has 1 aromatic heterocycles. The zero-order chi connectivity index (χ0) is 10.6. The third kappa shape index (κ3) is 3.21. The molecule has 0 aliphatic heterocycles. The van der Waals surface area contributed by atoms with Gasteiger partial charge in [0.2, 0.25) is 5.95 Å². The van der Waals surface area contributed by atoms with Crippen LogP contribution >= 0.6 is 22.6 Å². The zero-order valence-electron chi connectivity index (χ0n) is 7.59. The van der Waals surface area contributed by atoms with Crippen molar-refractivity contribution in [2.75, 3.05) is 6.61 Å². The number of carbonyl (C=O) groups excluding carboxylic acids is 1. The molecule has 0 aliphatic rings. The highest BCUT2D eigenvalue weighted by atomic mass is 127. The van der Waals surface area contributed by atoms with Crippen LogP contribution in [-0.4, -0.2) is 17.6 Å². The highest BCUT2D eigenvalue weighted by Crippen LogP contribution is 2.11. The number of carbonyl (C=O) groups is 1. The number of pyridine rings is 1. The quantitative estimate of drug-likeness (QED) is 0.486. The third-order valence-corrected chi connectivity index (χ3v) is 2.48. The van der Waals surface area contributed by atoms with Crippen molar-refractivity contribution in [2.45, 2.75) is 13.3 Å². The Morgan fingerprint density at radius 2 is 2.36 bits per heavy atom. The summed E-state index contributed by atoms with van der Waals surface area (Å²) in [6.45, 7) is 2.05. The average molecular weight is 309 g/mol. The molecule has 0 saturated heterocycles. The van der Waals surface area contributed by atoms with Crippen molar-refractivity contribution in [3.63, 3.8) is 0 Å². The smallest absolute Gasteiger partial charge is 0.311 e. The number of ether oxygens (including phenoxy) is 1. The fourth-order valence-corrected chi connectivity index (χ4v) is 1.42. The van der Waals surface area contributed by atoms with Crippen molar-refractivity contribution in [2.24, 2.45) is 0 Å². The van der Waals surface area contributed by atoms with Gasteiger partial charge in [-0.15, -0.1) is 0 Å². The van der Waals surface area contributed by atoms with E-state index < -0.39 is 5.95 Å². The van der Waals surface area contributed by atoms with Crippen molar-refractivity contribution in [1.82, 2.24) is 4.98 Å². The maximum Gasteiger partial charge on any atom is 0.311 e. The monoisotopic (exact) mass is 309 g/mol. The van der Waals surface area contributed by atoms with E-state index in [0.29, 0.717) is 12.3 Å². The molecule has 0 amide bonds. The van der Waals surface area contributed by atoms with Crippen molar-refractivity contribution >= 4 is 28.6 Å². The summed E-state index contributed by atoms with van der Waals surface area (Å²) in [6.07, 6.45) is 0.0177. The molecule has 1 aromatic rings. The van der Waals surface area contributed by atoms with Gasteiger partial charge in [-0.05, 0) is 41.6 Å². The largest absolute Gasteiger partial charge is 0.466 e. The minimum absolute atomic E-state index is 0.0177. The first-order valence-corrected chi connectivity index (χ1v) is 5.18. The molecule has 0 aromatic carbocycles. The number of rotatable bonds is 3. The van der Waals surface area contributed by atoms with Gasteiger partial charge in [0.25, 0.3) is 0 Å². The predicted molar refractivity (Wildman–Crippen MR) is 57.2 cm³/mol. The minimum atomic E-state index is -0.579. The average Bonchev–Trinajstić information content (AvgIpc) is 2.12. The highest BCUT2D eigenvalue weighted by Gasteiger charge is 2.09. The second kappa shape index (κ2) is 5.23. The van der Waals surface area contributed by atoms with E-state index in [-0.39, 0.29) is 12.4 Å². The molecule has 0 fully saturated rings. The Bertz CT molecular complexity index is 344. The third-order valence-electron chi connectivity index (χ3n) is 1.50. The van der Waals surface area contributed by atoms with Crippen LogP contribution in [-0.2, 0) is 16.0 Å². The Labute approximate surface area is 94.8 Å². The summed E-state index contributed by atoms with van der Waals surface area (Å²) in [7, 11) is 0. The van der Waals surface area contributed by atoms with E-state index in [1.165, 1.54) is 6.07 Å². The molecule has 0 bridgehead atoms. The molecule has 0 saturated carbocycles. The molecular formula is C9H9FINO2. The van der Waals surface area contributed by atoms with E-state index >= 15 is 0 Å². The van der Waals surface area contributed by atoms with Gasteiger partial charge in [0.05, 0.1) is 18.7 Å². The molecule has 1 rings (SSSR count). The highest BCUT2D eigenvalue weighted by molar-refractivity contribution is 14.1. The Morgan fingerprint density at radius 1 is 1.64 bits per heavy atom. The lowest BCUT2D eigenvalue weighted by atomic mass is 10.3. The summed E-state index contributed by atoms with van der Waals surface area (Å²) >= 11 is 2.00.